The molecule has 4 aromatic rings. The first-order chi connectivity index (χ1) is 16.6. The summed E-state index contributed by atoms with van der Waals surface area (Å²) < 4.78 is 5.34. The zero-order chi connectivity index (χ0) is 25.2. The fraction of sp³-hybridized carbons (Fsp3) is 0.296. The van der Waals surface area contributed by atoms with E-state index in [-0.39, 0.29) is 12.5 Å². The normalized spacial score (nSPS) is 12.4. The van der Waals surface area contributed by atoms with Gasteiger partial charge < -0.3 is 20.4 Å². The van der Waals surface area contributed by atoms with Gasteiger partial charge in [-0.15, -0.1) is 0 Å². The third-order valence-electron chi connectivity index (χ3n) is 5.74. The van der Waals surface area contributed by atoms with E-state index in [4.69, 9.17) is 4.74 Å². The van der Waals surface area contributed by atoms with E-state index >= 15 is 0 Å². The Labute approximate surface area is 204 Å². The highest BCUT2D eigenvalue weighted by Gasteiger charge is 2.24. The van der Waals surface area contributed by atoms with Crippen molar-refractivity contribution >= 4 is 28.6 Å². The van der Waals surface area contributed by atoms with E-state index in [1.165, 1.54) is 0 Å². The minimum atomic E-state index is -0.624. The molecule has 35 heavy (non-hydrogen) atoms. The first-order valence-corrected chi connectivity index (χ1v) is 11.6. The summed E-state index contributed by atoms with van der Waals surface area (Å²) in [5.41, 5.74) is 5.62. The van der Waals surface area contributed by atoms with Gasteiger partial charge in [-0.25, -0.2) is 4.79 Å². The lowest BCUT2D eigenvalue weighted by atomic mass is 9.97. The number of alkyl carbamates (subject to hydrolysis) is 1. The smallest absolute Gasteiger partial charge is 0.407 e. The van der Waals surface area contributed by atoms with Crippen LogP contribution in [0.3, 0.4) is 0 Å². The highest BCUT2D eigenvalue weighted by Crippen LogP contribution is 2.35. The number of nitrogens with one attached hydrogen (secondary N) is 4. The van der Waals surface area contributed by atoms with Gasteiger partial charge in [0, 0.05) is 34.9 Å². The first kappa shape index (κ1) is 24.1. The number of para-hydroxylation sites is 1. The molecule has 0 fully saturated rings. The Morgan fingerprint density at radius 3 is 2.46 bits per heavy atom. The predicted molar refractivity (Wildman–Crippen MR) is 137 cm³/mol. The Kier molecular flexibility index (Phi) is 6.64. The van der Waals surface area contributed by atoms with Gasteiger partial charge >= 0.3 is 6.09 Å². The standard InChI is InChI=1S/C27H31N5O3/c1-16-23(17(2)32-31-16)21-15-28-24-19(21)12-9-13-22(24)30-25(33)20(18-10-7-6-8-11-18)14-29-26(34)35-27(3,4)5/h6-13,15,20,28H,14H2,1-5H3,(H,29,34)(H,30,33)(H,31,32)/t20-/m1/s1. The molecule has 0 aliphatic heterocycles. The number of hydrogen-bond acceptors (Lipinski definition) is 4. The number of anilines is 1. The van der Waals surface area contributed by atoms with E-state index in [1.54, 1.807) is 20.8 Å². The SMILES string of the molecule is Cc1n[nH]c(C)c1-c1c[nH]c2c(NC(=O)[C@H](CNC(=O)OC(C)(C)C)c3ccccc3)cccc12. The second-order valence-corrected chi connectivity index (χ2v) is 9.57. The fourth-order valence-electron chi connectivity index (χ4n) is 4.18. The van der Waals surface area contributed by atoms with Crippen molar-refractivity contribution in [3.8, 4) is 11.1 Å². The van der Waals surface area contributed by atoms with Crippen LogP contribution in [-0.2, 0) is 9.53 Å². The molecule has 2 aromatic heterocycles. The third-order valence-corrected chi connectivity index (χ3v) is 5.74. The number of carbonyl (C=O) groups is 2. The van der Waals surface area contributed by atoms with Crippen molar-refractivity contribution in [3.05, 3.63) is 71.7 Å². The molecular formula is C27H31N5O3. The maximum atomic E-state index is 13.5. The summed E-state index contributed by atoms with van der Waals surface area (Å²) in [4.78, 5) is 29.0. The average molecular weight is 474 g/mol. The number of ether oxygens (including phenoxy) is 1. The van der Waals surface area contributed by atoms with E-state index in [0.29, 0.717) is 5.69 Å². The van der Waals surface area contributed by atoms with Gasteiger partial charge in [-0.1, -0.05) is 42.5 Å². The van der Waals surface area contributed by atoms with E-state index in [1.807, 2.05) is 68.6 Å². The van der Waals surface area contributed by atoms with Crippen LogP contribution >= 0.6 is 0 Å². The van der Waals surface area contributed by atoms with Crippen molar-refractivity contribution in [1.29, 1.82) is 0 Å². The quantitative estimate of drug-likeness (QED) is 0.299. The van der Waals surface area contributed by atoms with Crippen LogP contribution in [0, 0.1) is 13.8 Å². The van der Waals surface area contributed by atoms with Gasteiger partial charge in [-0.3, -0.25) is 9.89 Å². The lowest BCUT2D eigenvalue weighted by Gasteiger charge is -2.22. The van der Waals surface area contributed by atoms with Crippen molar-refractivity contribution in [1.82, 2.24) is 20.5 Å². The summed E-state index contributed by atoms with van der Waals surface area (Å²) in [6.45, 7) is 9.45. The van der Waals surface area contributed by atoms with Crippen LogP contribution in [0.4, 0.5) is 10.5 Å². The number of nitrogens with zero attached hydrogens (tertiary/aromatic N) is 1. The van der Waals surface area contributed by atoms with E-state index in [2.05, 4.69) is 25.8 Å². The molecule has 0 saturated heterocycles. The molecule has 0 saturated carbocycles. The predicted octanol–water partition coefficient (Wildman–Crippen LogP) is 5.42. The summed E-state index contributed by atoms with van der Waals surface area (Å²) in [6, 6.07) is 15.2. The summed E-state index contributed by atoms with van der Waals surface area (Å²) in [5.74, 6) is -0.835. The van der Waals surface area contributed by atoms with Crippen molar-refractivity contribution in [2.45, 2.75) is 46.1 Å². The van der Waals surface area contributed by atoms with Crippen LogP contribution in [0.25, 0.3) is 22.0 Å². The molecule has 8 nitrogen and oxygen atoms in total. The van der Waals surface area contributed by atoms with Gasteiger partial charge in [0.1, 0.15) is 5.60 Å². The molecule has 0 radical (unpaired) electrons. The molecule has 0 bridgehead atoms. The summed E-state index contributed by atoms with van der Waals surface area (Å²) in [5, 5.41) is 14.1. The average Bonchev–Trinajstić information content (AvgIpc) is 3.36. The number of amides is 2. The molecule has 0 unspecified atom stereocenters. The van der Waals surface area contributed by atoms with Crippen LogP contribution in [0.2, 0.25) is 0 Å². The first-order valence-electron chi connectivity index (χ1n) is 11.6. The number of H-pyrrole nitrogens is 2. The fourth-order valence-corrected chi connectivity index (χ4v) is 4.18. The largest absolute Gasteiger partial charge is 0.444 e. The summed E-state index contributed by atoms with van der Waals surface area (Å²) in [6.07, 6.45) is 1.37. The highest BCUT2D eigenvalue weighted by atomic mass is 16.6. The van der Waals surface area contributed by atoms with E-state index in [0.717, 1.165) is 39.0 Å². The Hall–Kier alpha value is -4.07. The van der Waals surface area contributed by atoms with Gasteiger partial charge in [0.15, 0.2) is 0 Å². The third kappa shape index (κ3) is 5.37. The summed E-state index contributed by atoms with van der Waals surface area (Å²) >= 11 is 0. The number of fused-ring (bicyclic) bond motifs is 1. The van der Waals surface area contributed by atoms with Crippen LogP contribution in [-0.4, -0.2) is 39.3 Å². The van der Waals surface area contributed by atoms with Gasteiger partial charge in [0.2, 0.25) is 5.91 Å². The van der Waals surface area contributed by atoms with Crippen molar-refractivity contribution < 1.29 is 14.3 Å². The van der Waals surface area contributed by atoms with Crippen LogP contribution < -0.4 is 10.6 Å². The summed E-state index contributed by atoms with van der Waals surface area (Å²) in [7, 11) is 0. The van der Waals surface area contributed by atoms with Crippen molar-refractivity contribution in [3.63, 3.8) is 0 Å². The number of benzene rings is 2. The maximum absolute atomic E-state index is 13.5. The number of aromatic amines is 2. The minimum absolute atomic E-state index is 0.101. The molecular weight excluding hydrogens is 442 g/mol. The molecule has 0 spiro atoms. The zero-order valence-electron chi connectivity index (χ0n) is 20.7. The monoisotopic (exact) mass is 473 g/mol. The van der Waals surface area contributed by atoms with Crippen LogP contribution in [0.15, 0.2) is 54.7 Å². The van der Waals surface area contributed by atoms with Gasteiger partial charge in [0.05, 0.1) is 22.8 Å². The molecule has 2 heterocycles. The van der Waals surface area contributed by atoms with Gasteiger partial charge in [0.25, 0.3) is 0 Å². The second-order valence-electron chi connectivity index (χ2n) is 9.57. The number of rotatable bonds is 6. The number of hydrogen-bond donors (Lipinski definition) is 4. The van der Waals surface area contributed by atoms with E-state index in [9.17, 15) is 9.59 Å². The number of carbonyl (C=O) groups excluding carboxylic acids is 2. The molecule has 0 aliphatic carbocycles. The maximum Gasteiger partial charge on any atom is 0.407 e. The Morgan fingerprint density at radius 2 is 1.80 bits per heavy atom. The molecule has 8 heteroatoms. The van der Waals surface area contributed by atoms with Crippen LogP contribution in [0.5, 0.6) is 0 Å². The Bertz CT molecular complexity index is 1330. The topological polar surface area (TPSA) is 112 Å². The minimum Gasteiger partial charge on any atom is -0.444 e. The lowest BCUT2D eigenvalue weighted by Crippen LogP contribution is -2.37. The van der Waals surface area contributed by atoms with E-state index < -0.39 is 17.6 Å². The molecule has 4 rings (SSSR count). The van der Waals surface area contributed by atoms with Crippen LogP contribution in [0.1, 0.15) is 43.6 Å². The number of aromatic nitrogens is 3. The highest BCUT2D eigenvalue weighted by molar-refractivity contribution is 6.07. The van der Waals surface area contributed by atoms with Crippen molar-refractivity contribution in [2.24, 2.45) is 0 Å². The zero-order valence-corrected chi connectivity index (χ0v) is 20.7. The van der Waals surface area contributed by atoms with Crippen molar-refractivity contribution in [2.75, 3.05) is 11.9 Å². The molecule has 2 aromatic carbocycles. The second kappa shape index (κ2) is 9.66. The molecule has 2 amide bonds. The molecule has 4 N–H and O–H groups in total. The van der Waals surface area contributed by atoms with Gasteiger partial charge in [-0.05, 0) is 46.2 Å². The Morgan fingerprint density at radius 1 is 1.06 bits per heavy atom. The number of aryl methyl sites for hydroxylation is 2. The van der Waals surface area contributed by atoms with Gasteiger partial charge in [-0.2, -0.15) is 5.10 Å². The molecule has 0 aliphatic rings. The molecule has 182 valence electrons. The molecule has 1 atom stereocenters. The lowest BCUT2D eigenvalue weighted by molar-refractivity contribution is -0.117. The Balaban J connectivity index is 1.60.